The minimum Gasteiger partial charge on any atom is -0.481 e. The number of aromatic nitrogens is 1. The fraction of sp³-hybridized carbons (Fsp3) is 0.500. The first-order valence-corrected chi connectivity index (χ1v) is 5.55. The van der Waals surface area contributed by atoms with Crippen LogP contribution < -0.4 is 0 Å². The van der Waals surface area contributed by atoms with E-state index < -0.39 is 5.97 Å². The van der Waals surface area contributed by atoms with Gasteiger partial charge in [0.1, 0.15) is 0 Å². The third-order valence-corrected chi connectivity index (χ3v) is 2.31. The predicted octanol–water partition coefficient (Wildman–Crippen LogP) is 1.77. The molecule has 1 aromatic rings. The van der Waals surface area contributed by atoms with Gasteiger partial charge in [0.2, 0.25) is 0 Å². The Kier molecular flexibility index (Phi) is 5.50. The van der Waals surface area contributed by atoms with E-state index in [4.69, 9.17) is 5.11 Å². The largest absolute Gasteiger partial charge is 0.481 e. The highest BCUT2D eigenvalue weighted by Crippen LogP contribution is 2.04. The Labute approximate surface area is 95.9 Å². The van der Waals surface area contributed by atoms with Crippen molar-refractivity contribution < 1.29 is 9.90 Å². The lowest BCUT2D eigenvalue weighted by atomic mass is 10.2. The Hall–Kier alpha value is -1.42. The zero-order valence-electron chi connectivity index (χ0n) is 9.59. The van der Waals surface area contributed by atoms with E-state index in [0.29, 0.717) is 6.54 Å². The fourth-order valence-corrected chi connectivity index (χ4v) is 1.59. The Bertz CT molecular complexity index is 314. The van der Waals surface area contributed by atoms with Gasteiger partial charge in [-0.1, -0.05) is 13.0 Å². The van der Waals surface area contributed by atoms with Crippen LogP contribution in [0.4, 0.5) is 0 Å². The van der Waals surface area contributed by atoms with E-state index in [1.165, 1.54) is 0 Å². The highest BCUT2D eigenvalue weighted by molar-refractivity contribution is 5.66. The SMILES string of the molecule is CCCN(CCC(=O)O)Cc1cccnc1. The molecular weight excluding hydrogens is 204 g/mol. The summed E-state index contributed by atoms with van der Waals surface area (Å²) in [5.74, 6) is -0.743. The van der Waals surface area contributed by atoms with Gasteiger partial charge < -0.3 is 5.11 Å². The van der Waals surface area contributed by atoms with Crippen LogP contribution in [0.5, 0.6) is 0 Å². The number of rotatable bonds is 7. The van der Waals surface area contributed by atoms with Gasteiger partial charge in [0, 0.05) is 25.5 Å². The molecule has 16 heavy (non-hydrogen) atoms. The van der Waals surface area contributed by atoms with Crippen molar-refractivity contribution in [3.05, 3.63) is 30.1 Å². The zero-order valence-corrected chi connectivity index (χ0v) is 9.59. The third kappa shape index (κ3) is 4.89. The zero-order chi connectivity index (χ0) is 11.8. The van der Waals surface area contributed by atoms with Gasteiger partial charge in [-0.2, -0.15) is 0 Å². The molecule has 0 atom stereocenters. The van der Waals surface area contributed by atoms with Gasteiger partial charge in [0.15, 0.2) is 0 Å². The predicted molar refractivity (Wildman–Crippen MR) is 62.1 cm³/mol. The number of aliphatic carboxylic acids is 1. The number of carboxylic acid groups (broad SMARTS) is 1. The number of pyridine rings is 1. The maximum Gasteiger partial charge on any atom is 0.304 e. The summed E-state index contributed by atoms with van der Waals surface area (Å²) >= 11 is 0. The molecule has 0 saturated heterocycles. The van der Waals surface area contributed by atoms with Crippen molar-refractivity contribution in [1.82, 2.24) is 9.88 Å². The average molecular weight is 222 g/mol. The van der Waals surface area contributed by atoms with Crippen molar-refractivity contribution >= 4 is 5.97 Å². The molecule has 4 nitrogen and oxygen atoms in total. The smallest absolute Gasteiger partial charge is 0.304 e. The second-order valence-corrected chi connectivity index (χ2v) is 3.78. The number of carboxylic acids is 1. The molecule has 0 bridgehead atoms. The summed E-state index contributed by atoms with van der Waals surface area (Å²) < 4.78 is 0. The van der Waals surface area contributed by atoms with Gasteiger partial charge in [-0.3, -0.25) is 14.7 Å². The van der Waals surface area contributed by atoms with E-state index in [2.05, 4.69) is 16.8 Å². The molecule has 4 heteroatoms. The van der Waals surface area contributed by atoms with Crippen LogP contribution in [0.1, 0.15) is 25.3 Å². The van der Waals surface area contributed by atoms with Gasteiger partial charge in [-0.15, -0.1) is 0 Å². The third-order valence-electron chi connectivity index (χ3n) is 2.31. The standard InChI is InChI=1S/C12H18N2O2/c1-2-7-14(8-5-12(15)16)10-11-4-3-6-13-9-11/h3-4,6,9H,2,5,7-8,10H2,1H3,(H,15,16). The van der Waals surface area contributed by atoms with Crippen LogP contribution in [0.25, 0.3) is 0 Å². The normalized spacial score (nSPS) is 10.6. The van der Waals surface area contributed by atoms with E-state index >= 15 is 0 Å². The first kappa shape index (κ1) is 12.6. The highest BCUT2D eigenvalue weighted by atomic mass is 16.4. The monoisotopic (exact) mass is 222 g/mol. The lowest BCUT2D eigenvalue weighted by Gasteiger charge is -2.20. The molecule has 0 radical (unpaired) electrons. The highest BCUT2D eigenvalue weighted by Gasteiger charge is 2.07. The van der Waals surface area contributed by atoms with Crippen LogP contribution in [0.2, 0.25) is 0 Å². The van der Waals surface area contributed by atoms with Gasteiger partial charge in [0.25, 0.3) is 0 Å². The number of hydrogen-bond acceptors (Lipinski definition) is 3. The Balaban J connectivity index is 2.47. The molecule has 0 aliphatic carbocycles. The Morgan fingerprint density at radius 3 is 2.88 bits per heavy atom. The molecule has 0 spiro atoms. The minimum absolute atomic E-state index is 0.195. The van der Waals surface area contributed by atoms with E-state index in [1.807, 2.05) is 18.3 Å². The minimum atomic E-state index is -0.743. The first-order valence-electron chi connectivity index (χ1n) is 5.55. The molecule has 1 aromatic heterocycles. The van der Waals surface area contributed by atoms with Crippen molar-refractivity contribution in [2.75, 3.05) is 13.1 Å². The fourth-order valence-electron chi connectivity index (χ4n) is 1.59. The second-order valence-electron chi connectivity index (χ2n) is 3.78. The van der Waals surface area contributed by atoms with E-state index in [9.17, 15) is 4.79 Å². The Morgan fingerprint density at radius 1 is 1.50 bits per heavy atom. The molecule has 1 heterocycles. The van der Waals surface area contributed by atoms with E-state index in [-0.39, 0.29) is 6.42 Å². The Morgan fingerprint density at radius 2 is 2.31 bits per heavy atom. The van der Waals surface area contributed by atoms with Crippen molar-refractivity contribution in [2.24, 2.45) is 0 Å². The van der Waals surface area contributed by atoms with Crippen LogP contribution in [0, 0.1) is 0 Å². The van der Waals surface area contributed by atoms with Crippen LogP contribution in [0.3, 0.4) is 0 Å². The molecule has 0 amide bonds. The van der Waals surface area contributed by atoms with Crippen LogP contribution >= 0.6 is 0 Å². The summed E-state index contributed by atoms with van der Waals surface area (Å²) in [6.07, 6.45) is 4.79. The molecule has 1 rings (SSSR count). The number of hydrogen-bond donors (Lipinski definition) is 1. The molecule has 0 unspecified atom stereocenters. The molecule has 0 saturated carbocycles. The summed E-state index contributed by atoms with van der Waals surface area (Å²) in [5.41, 5.74) is 1.13. The summed E-state index contributed by atoms with van der Waals surface area (Å²) in [7, 11) is 0. The maximum absolute atomic E-state index is 10.5. The first-order chi connectivity index (χ1) is 7.72. The molecule has 88 valence electrons. The number of nitrogens with zero attached hydrogens (tertiary/aromatic N) is 2. The van der Waals surface area contributed by atoms with E-state index in [1.54, 1.807) is 6.20 Å². The van der Waals surface area contributed by atoms with Gasteiger partial charge in [-0.05, 0) is 24.6 Å². The molecular formula is C12H18N2O2. The molecule has 1 N–H and O–H groups in total. The maximum atomic E-state index is 10.5. The lowest BCUT2D eigenvalue weighted by Crippen LogP contribution is -2.26. The topological polar surface area (TPSA) is 53.4 Å². The lowest BCUT2D eigenvalue weighted by molar-refractivity contribution is -0.137. The van der Waals surface area contributed by atoms with E-state index in [0.717, 1.165) is 25.1 Å². The van der Waals surface area contributed by atoms with Crippen LogP contribution in [-0.4, -0.2) is 34.0 Å². The summed E-state index contributed by atoms with van der Waals surface area (Å²) in [4.78, 5) is 16.7. The second kappa shape index (κ2) is 6.95. The summed E-state index contributed by atoms with van der Waals surface area (Å²) in [6.45, 7) is 4.38. The number of carbonyl (C=O) groups is 1. The summed E-state index contributed by atoms with van der Waals surface area (Å²) in [6, 6.07) is 3.91. The van der Waals surface area contributed by atoms with Crippen molar-refractivity contribution in [2.45, 2.75) is 26.3 Å². The van der Waals surface area contributed by atoms with Crippen LogP contribution in [-0.2, 0) is 11.3 Å². The van der Waals surface area contributed by atoms with Gasteiger partial charge >= 0.3 is 5.97 Å². The van der Waals surface area contributed by atoms with Gasteiger partial charge in [0.05, 0.1) is 6.42 Å². The van der Waals surface area contributed by atoms with Crippen molar-refractivity contribution in [3.8, 4) is 0 Å². The summed E-state index contributed by atoms with van der Waals surface area (Å²) in [5, 5.41) is 8.66. The molecule has 0 aliphatic heterocycles. The van der Waals surface area contributed by atoms with Crippen molar-refractivity contribution in [1.29, 1.82) is 0 Å². The quantitative estimate of drug-likeness (QED) is 0.764. The molecule has 0 aromatic carbocycles. The van der Waals surface area contributed by atoms with Crippen molar-refractivity contribution in [3.63, 3.8) is 0 Å². The molecule has 0 aliphatic rings. The average Bonchev–Trinajstić information content (AvgIpc) is 2.27. The molecule has 0 fully saturated rings. The van der Waals surface area contributed by atoms with Crippen LogP contribution in [0.15, 0.2) is 24.5 Å². The van der Waals surface area contributed by atoms with Gasteiger partial charge in [-0.25, -0.2) is 0 Å².